The van der Waals surface area contributed by atoms with Crippen molar-refractivity contribution in [2.45, 2.75) is 84.7 Å². The average Bonchev–Trinajstić information content (AvgIpc) is 2.91. The highest BCUT2D eigenvalue weighted by Gasteiger charge is 2.59. The van der Waals surface area contributed by atoms with E-state index in [2.05, 4.69) is 19.0 Å². The van der Waals surface area contributed by atoms with Crippen molar-refractivity contribution in [3.63, 3.8) is 0 Å². The van der Waals surface area contributed by atoms with Gasteiger partial charge in [-0.05, 0) is 86.9 Å². The summed E-state index contributed by atoms with van der Waals surface area (Å²) in [6.45, 7) is 6.41. The summed E-state index contributed by atoms with van der Waals surface area (Å²) in [5, 5.41) is 13.1. The molecule has 0 unspecified atom stereocenters. The smallest absolute Gasteiger partial charge is 0.302 e. The van der Waals surface area contributed by atoms with Gasteiger partial charge in [0.1, 0.15) is 6.10 Å². The first kappa shape index (κ1) is 17.4. The van der Waals surface area contributed by atoms with Crippen LogP contribution in [-0.2, 0) is 9.53 Å². The third-order valence-electron chi connectivity index (χ3n) is 8.81. The molecule has 140 valence electrons. The maximum Gasteiger partial charge on any atom is 0.302 e. The predicted molar refractivity (Wildman–Crippen MR) is 96.5 cm³/mol. The molecular formula is C21H33NO3. The first-order valence-corrected chi connectivity index (χ1v) is 10.3. The molecule has 0 aromatic rings. The fourth-order valence-corrected chi connectivity index (χ4v) is 7.51. The van der Waals surface area contributed by atoms with Crippen LogP contribution in [0.25, 0.3) is 0 Å². The van der Waals surface area contributed by atoms with Crippen molar-refractivity contribution in [3.8, 4) is 0 Å². The molecule has 4 aliphatic carbocycles. The topological polar surface area (TPSA) is 58.9 Å². The van der Waals surface area contributed by atoms with Crippen molar-refractivity contribution in [3.05, 3.63) is 0 Å². The van der Waals surface area contributed by atoms with Crippen molar-refractivity contribution in [2.24, 2.45) is 39.7 Å². The van der Waals surface area contributed by atoms with Crippen LogP contribution in [0.15, 0.2) is 5.16 Å². The van der Waals surface area contributed by atoms with Crippen LogP contribution in [0.1, 0.15) is 78.6 Å². The van der Waals surface area contributed by atoms with E-state index in [0.29, 0.717) is 17.3 Å². The van der Waals surface area contributed by atoms with Crippen molar-refractivity contribution >= 4 is 11.7 Å². The van der Waals surface area contributed by atoms with E-state index in [9.17, 15) is 10.0 Å². The Hall–Kier alpha value is -1.06. The van der Waals surface area contributed by atoms with Gasteiger partial charge in [0.2, 0.25) is 0 Å². The summed E-state index contributed by atoms with van der Waals surface area (Å²) in [6.07, 6.45) is 10.6. The molecule has 0 saturated heterocycles. The summed E-state index contributed by atoms with van der Waals surface area (Å²) in [5.41, 5.74) is 1.59. The summed E-state index contributed by atoms with van der Waals surface area (Å²) >= 11 is 0. The highest BCUT2D eigenvalue weighted by molar-refractivity contribution is 5.91. The van der Waals surface area contributed by atoms with Crippen LogP contribution in [-0.4, -0.2) is 23.0 Å². The van der Waals surface area contributed by atoms with E-state index in [-0.39, 0.29) is 17.5 Å². The lowest BCUT2D eigenvalue weighted by Gasteiger charge is -2.60. The fourth-order valence-electron chi connectivity index (χ4n) is 7.51. The number of esters is 1. The van der Waals surface area contributed by atoms with Crippen LogP contribution in [0.5, 0.6) is 0 Å². The number of rotatable bonds is 1. The van der Waals surface area contributed by atoms with Crippen LogP contribution in [0.4, 0.5) is 0 Å². The van der Waals surface area contributed by atoms with E-state index in [1.807, 2.05) is 0 Å². The first-order chi connectivity index (χ1) is 11.9. The van der Waals surface area contributed by atoms with Crippen molar-refractivity contribution in [1.82, 2.24) is 0 Å². The summed E-state index contributed by atoms with van der Waals surface area (Å²) in [4.78, 5) is 11.3. The second-order valence-corrected chi connectivity index (χ2v) is 9.70. The van der Waals surface area contributed by atoms with E-state index in [1.165, 1.54) is 45.4 Å². The van der Waals surface area contributed by atoms with Gasteiger partial charge >= 0.3 is 5.97 Å². The van der Waals surface area contributed by atoms with Crippen LogP contribution < -0.4 is 0 Å². The van der Waals surface area contributed by atoms with Gasteiger partial charge in [-0.1, -0.05) is 19.0 Å². The zero-order valence-corrected chi connectivity index (χ0v) is 16.0. The number of fused-ring (bicyclic) bond motifs is 5. The van der Waals surface area contributed by atoms with E-state index >= 15 is 0 Å². The SMILES string of the molecule is CC(=O)O[C@H]1CC[C@@]2(C)[C@@H](CC[C@@H]3[C@@H]2CC[C@]2(C)/C(=N\O)CC[C@@H]32)C1. The Kier molecular flexibility index (Phi) is 4.16. The zero-order chi connectivity index (χ0) is 17.8. The van der Waals surface area contributed by atoms with Gasteiger partial charge in [-0.3, -0.25) is 4.79 Å². The highest BCUT2D eigenvalue weighted by Crippen LogP contribution is 2.65. The molecular weight excluding hydrogens is 314 g/mol. The molecule has 0 aliphatic heterocycles. The molecule has 1 N–H and O–H groups in total. The molecule has 4 nitrogen and oxygen atoms in total. The molecule has 4 rings (SSSR count). The van der Waals surface area contributed by atoms with Crippen LogP contribution in [0.3, 0.4) is 0 Å². The number of nitrogens with zero attached hydrogens (tertiary/aromatic N) is 1. The van der Waals surface area contributed by atoms with Crippen LogP contribution >= 0.6 is 0 Å². The Morgan fingerprint density at radius 1 is 1.12 bits per heavy atom. The standard InChI is InChI=1S/C21H33NO3/c1-13(23)25-15-8-10-20(2)14(12-15)4-5-16-17-6-7-19(22-24)21(17,3)11-9-18(16)20/h14-18,24H,4-12H2,1-3H3/b22-19-/t14-,15-,16-,17-,18-,20-,21-/m0/s1. The molecule has 4 saturated carbocycles. The maximum atomic E-state index is 11.3. The second kappa shape index (κ2) is 5.99. The van der Waals surface area contributed by atoms with Crippen molar-refractivity contribution in [2.75, 3.05) is 0 Å². The third-order valence-corrected chi connectivity index (χ3v) is 8.81. The average molecular weight is 347 g/mol. The number of hydrogen-bond donors (Lipinski definition) is 1. The Balaban J connectivity index is 1.55. The van der Waals surface area contributed by atoms with Crippen molar-refractivity contribution in [1.29, 1.82) is 0 Å². The van der Waals surface area contributed by atoms with Gasteiger partial charge in [0.25, 0.3) is 0 Å². The minimum atomic E-state index is -0.127. The van der Waals surface area contributed by atoms with Gasteiger partial charge in [-0.25, -0.2) is 0 Å². The Labute approximate surface area is 151 Å². The van der Waals surface area contributed by atoms with Crippen LogP contribution in [0.2, 0.25) is 0 Å². The van der Waals surface area contributed by atoms with Gasteiger partial charge in [0.05, 0.1) is 5.71 Å². The van der Waals surface area contributed by atoms with Crippen molar-refractivity contribution < 1.29 is 14.7 Å². The second-order valence-electron chi connectivity index (χ2n) is 9.70. The normalized spacial score (nSPS) is 50.7. The molecule has 7 atom stereocenters. The highest BCUT2D eigenvalue weighted by atomic mass is 16.5. The zero-order valence-electron chi connectivity index (χ0n) is 16.0. The summed E-state index contributed by atoms with van der Waals surface area (Å²) < 4.78 is 5.55. The minimum Gasteiger partial charge on any atom is -0.463 e. The van der Waals surface area contributed by atoms with Gasteiger partial charge in [0.15, 0.2) is 0 Å². The molecule has 0 heterocycles. The van der Waals surface area contributed by atoms with E-state index in [4.69, 9.17) is 4.74 Å². The number of hydrogen-bond acceptors (Lipinski definition) is 4. The Morgan fingerprint density at radius 3 is 2.64 bits per heavy atom. The van der Waals surface area contributed by atoms with E-state index in [0.717, 1.165) is 36.8 Å². The summed E-state index contributed by atoms with van der Waals surface area (Å²) in [7, 11) is 0. The first-order valence-electron chi connectivity index (χ1n) is 10.3. The lowest BCUT2D eigenvalue weighted by Crippen LogP contribution is -2.54. The quantitative estimate of drug-likeness (QED) is 0.421. The van der Waals surface area contributed by atoms with E-state index in [1.54, 1.807) is 0 Å². The third kappa shape index (κ3) is 2.54. The molecule has 0 spiro atoms. The largest absolute Gasteiger partial charge is 0.463 e. The molecule has 0 radical (unpaired) electrons. The molecule has 4 aliphatic rings. The number of carbonyl (C=O) groups excluding carboxylic acids is 1. The summed E-state index contributed by atoms with van der Waals surface area (Å²) in [5.74, 6) is 2.84. The fraction of sp³-hybridized carbons (Fsp3) is 0.905. The number of oxime groups is 1. The van der Waals surface area contributed by atoms with Gasteiger partial charge in [-0.2, -0.15) is 0 Å². The molecule has 0 aromatic carbocycles. The van der Waals surface area contributed by atoms with Crippen LogP contribution in [0, 0.1) is 34.5 Å². The molecule has 0 amide bonds. The molecule has 25 heavy (non-hydrogen) atoms. The Bertz CT molecular complexity index is 588. The number of carbonyl (C=O) groups is 1. The van der Waals surface area contributed by atoms with Gasteiger partial charge < -0.3 is 9.94 Å². The Morgan fingerprint density at radius 2 is 1.92 bits per heavy atom. The monoisotopic (exact) mass is 347 g/mol. The van der Waals surface area contributed by atoms with Gasteiger partial charge in [-0.15, -0.1) is 0 Å². The maximum absolute atomic E-state index is 11.3. The summed E-state index contributed by atoms with van der Waals surface area (Å²) in [6, 6.07) is 0. The molecule has 4 fully saturated rings. The predicted octanol–water partition coefficient (Wildman–Crippen LogP) is 4.79. The molecule has 0 aromatic heterocycles. The number of ether oxygens (including phenoxy) is 1. The lowest BCUT2D eigenvalue weighted by molar-refractivity contribution is -0.158. The van der Waals surface area contributed by atoms with Gasteiger partial charge in [0, 0.05) is 12.3 Å². The molecule has 4 heteroatoms. The van der Waals surface area contributed by atoms with E-state index < -0.39 is 0 Å². The minimum absolute atomic E-state index is 0.127. The molecule has 0 bridgehead atoms. The lowest BCUT2D eigenvalue weighted by atomic mass is 9.45.